The van der Waals surface area contributed by atoms with Crippen LogP contribution in [0.1, 0.15) is 35.8 Å². The van der Waals surface area contributed by atoms with Crippen molar-refractivity contribution in [3.8, 4) is 0 Å². The lowest BCUT2D eigenvalue weighted by molar-refractivity contribution is -0.144. The first kappa shape index (κ1) is 14.6. The fourth-order valence-corrected chi connectivity index (χ4v) is 3.27. The summed E-state index contributed by atoms with van der Waals surface area (Å²) in [5, 5.41) is 10.3. The normalized spacial score (nSPS) is 22.0. The van der Waals surface area contributed by atoms with Crippen LogP contribution in [0.2, 0.25) is 0 Å². The first-order chi connectivity index (χ1) is 10.5. The first-order valence-corrected chi connectivity index (χ1v) is 7.60. The van der Waals surface area contributed by atoms with Gasteiger partial charge in [-0.3, -0.25) is 9.59 Å². The second kappa shape index (κ2) is 5.48. The van der Waals surface area contributed by atoms with E-state index in [1.165, 1.54) is 0 Å². The van der Waals surface area contributed by atoms with Crippen LogP contribution in [0.4, 0.5) is 0 Å². The van der Waals surface area contributed by atoms with E-state index in [1.807, 2.05) is 38.1 Å². The highest BCUT2D eigenvalue weighted by Crippen LogP contribution is 2.26. The number of fused-ring (bicyclic) bond motifs is 1. The van der Waals surface area contributed by atoms with Gasteiger partial charge in [0, 0.05) is 23.5 Å². The maximum atomic E-state index is 12.7. The minimum atomic E-state index is -0.822. The minimum absolute atomic E-state index is 0.118. The Kier molecular flexibility index (Phi) is 3.64. The largest absolute Gasteiger partial charge is 0.481 e. The van der Waals surface area contributed by atoms with Crippen LogP contribution in [-0.4, -0.2) is 39.5 Å². The molecule has 2 heterocycles. The Balaban J connectivity index is 1.89. The molecule has 0 unspecified atom stereocenters. The van der Waals surface area contributed by atoms with Gasteiger partial charge in [-0.05, 0) is 44.4 Å². The number of aromatic nitrogens is 1. The van der Waals surface area contributed by atoms with E-state index in [9.17, 15) is 14.7 Å². The van der Waals surface area contributed by atoms with E-state index >= 15 is 0 Å². The van der Waals surface area contributed by atoms with E-state index in [-0.39, 0.29) is 11.9 Å². The zero-order valence-corrected chi connectivity index (χ0v) is 12.8. The number of benzene rings is 1. The van der Waals surface area contributed by atoms with Gasteiger partial charge in [-0.25, -0.2) is 0 Å². The Labute approximate surface area is 128 Å². The summed E-state index contributed by atoms with van der Waals surface area (Å²) in [5.74, 6) is -1.42. The van der Waals surface area contributed by atoms with Crippen LogP contribution in [-0.2, 0) is 4.79 Å². The van der Waals surface area contributed by atoms with Crippen molar-refractivity contribution in [1.29, 1.82) is 0 Å². The molecule has 1 aliphatic heterocycles. The highest BCUT2D eigenvalue weighted by molar-refractivity contribution is 5.98. The minimum Gasteiger partial charge on any atom is -0.481 e. The number of aryl methyl sites for hydroxylation is 1. The number of hydrogen-bond acceptors (Lipinski definition) is 2. The summed E-state index contributed by atoms with van der Waals surface area (Å²) in [4.78, 5) is 28.9. The third kappa shape index (κ3) is 2.47. The molecule has 1 amide bonds. The number of nitrogens with zero attached hydrogens (tertiary/aromatic N) is 1. The molecular formula is C17H20N2O3. The first-order valence-electron chi connectivity index (χ1n) is 7.60. The fourth-order valence-electron chi connectivity index (χ4n) is 3.27. The number of H-pyrrole nitrogens is 1. The number of piperidine rings is 1. The van der Waals surface area contributed by atoms with Gasteiger partial charge in [-0.15, -0.1) is 0 Å². The standard InChI is InChI=1S/C17H20N2O3/c1-10-5-6-12-9-15(18-14(12)8-10)16(20)19-7-3-4-13(11(19)2)17(21)22/h5-6,8-9,11,13,18H,3-4,7H2,1-2H3,(H,21,22)/t11-,13-/m1/s1. The van der Waals surface area contributed by atoms with Crippen molar-refractivity contribution in [3.05, 3.63) is 35.5 Å². The summed E-state index contributed by atoms with van der Waals surface area (Å²) in [6.07, 6.45) is 1.36. The third-order valence-corrected chi connectivity index (χ3v) is 4.57. The summed E-state index contributed by atoms with van der Waals surface area (Å²) in [7, 11) is 0. The monoisotopic (exact) mass is 300 g/mol. The Morgan fingerprint density at radius 1 is 1.32 bits per heavy atom. The Morgan fingerprint density at radius 3 is 2.82 bits per heavy atom. The van der Waals surface area contributed by atoms with Crippen molar-refractivity contribution in [3.63, 3.8) is 0 Å². The predicted octanol–water partition coefficient (Wildman–Crippen LogP) is 2.80. The van der Waals surface area contributed by atoms with Crippen LogP contribution >= 0.6 is 0 Å². The number of carboxylic acid groups (broad SMARTS) is 1. The molecule has 3 rings (SSSR count). The number of carboxylic acids is 1. The lowest BCUT2D eigenvalue weighted by Gasteiger charge is -2.37. The number of carbonyl (C=O) groups is 2. The molecule has 5 heteroatoms. The molecule has 1 aromatic heterocycles. The van der Waals surface area contributed by atoms with Crippen molar-refractivity contribution in [2.45, 2.75) is 32.7 Å². The van der Waals surface area contributed by atoms with Crippen molar-refractivity contribution in [2.24, 2.45) is 5.92 Å². The Bertz CT molecular complexity index is 735. The van der Waals surface area contributed by atoms with Crippen LogP contribution in [0, 0.1) is 12.8 Å². The summed E-state index contributed by atoms with van der Waals surface area (Å²) >= 11 is 0. The van der Waals surface area contributed by atoms with Gasteiger partial charge in [0.05, 0.1) is 5.92 Å². The molecule has 2 N–H and O–H groups in total. The molecule has 0 spiro atoms. The number of likely N-dealkylation sites (tertiary alicyclic amines) is 1. The lowest BCUT2D eigenvalue weighted by atomic mass is 9.90. The Hall–Kier alpha value is -2.30. The van der Waals surface area contributed by atoms with Gasteiger partial charge in [0.1, 0.15) is 5.69 Å². The van der Waals surface area contributed by atoms with E-state index < -0.39 is 11.9 Å². The SMILES string of the molecule is Cc1ccc2cc(C(=O)N3CCC[C@@H](C(=O)O)[C@H]3C)[nH]c2c1. The van der Waals surface area contributed by atoms with Crippen molar-refractivity contribution < 1.29 is 14.7 Å². The van der Waals surface area contributed by atoms with E-state index in [0.717, 1.165) is 22.9 Å². The molecule has 2 atom stereocenters. The zero-order chi connectivity index (χ0) is 15.9. The molecule has 0 saturated carbocycles. The maximum Gasteiger partial charge on any atom is 0.308 e. The average Bonchev–Trinajstić information content (AvgIpc) is 2.89. The smallest absolute Gasteiger partial charge is 0.308 e. The summed E-state index contributed by atoms with van der Waals surface area (Å²) in [5.41, 5.74) is 2.59. The molecule has 1 aliphatic rings. The molecule has 2 aromatic rings. The number of nitrogens with one attached hydrogen (secondary N) is 1. The molecule has 116 valence electrons. The molecule has 1 saturated heterocycles. The maximum absolute atomic E-state index is 12.7. The van der Waals surface area contributed by atoms with Crippen LogP contribution in [0.5, 0.6) is 0 Å². The van der Waals surface area contributed by atoms with Gasteiger partial charge < -0.3 is 15.0 Å². The molecule has 0 aliphatic carbocycles. The second-order valence-corrected chi connectivity index (χ2v) is 6.10. The van der Waals surface area contributed by atoms with Gasteiger partial charge >= 0.3 is 5.97 Å². The third-order valence-electron chi connectivity index (χ3n) is 4.57. The van der Waals surface area contributed by atoms with Gasteiger partial charge in [0.25, 0.3) is 5.91 Å². The van der Waals surface area contributed by atoms with Crippen LogP contribution in [0.25, 0.3) is 10.9 Å². The lowest BCUT2D eigenvalue weighted by Crippen LogP contribution is -2.49. The Morgan fingerprint density at radius 2 is 2.09 bits per heavy atom. The average molecular weight is 300 g/mol. The highest BCUT2D eigenvalue weighted by Gasteiger charge is 2.36. The molecule has 1 fully saturated rings. The fraction of sp³-hybridized carbons (Fsp3) is 0.412. The zero-order valence-electron chi connectivity index (χ0n) is 12.8. The molecule has 5 nitrogen and oxygen atoms in total. The molecular weight excluding hydrogens is 280 g/mol. The number of rotatable bonds is 2. The van der Waals surface area contributed by atoms with E-state index in [2.05, 4.69) is 4.98 Å². The molecule has 0 radical (unpaired) electrons. The van der Waals surface area contributed by atoms with Crippen LogP contribution in [0.3, 0.4) is 0 Å². The van der Waals surface area contributed by atoms with Crippen molar-refractivity contribution >= 4 is 22.8 Å². The van der Waals surface area contributed by atoms with Crippen LogP contribution in [0.15, 0.2) is 24.3 Å². The highest BCUT2D eigenvalue weighted by atomic mass is 16.4. The van der Waals surface area contributed by atoms with E-state index in [1.54, 1.807) is 4.90 Å². The van der Waals surface area contributed by atoms with Crippen LogP contribution < -0.4 is 0 Å². The van der Waals surface area contributed by atoms with Crippen molar-refractivity contribution in [2.75, 3.05) is 6.54 Å². The van der Waals surface area contributed by atoms with E-state index in [0.29, 0.717) is 18.7 Å². The number of aliphatic carboxylic acids is 1. The summed E-state index contributed by atoms with van der Waals surface area (Å²) in [6.45, 7) is 4.44. The molecule has 0 bridgehead atoms. The summed E-state index contributed by atoms with van der Waals surface area (Å²) < 4.78 is 0. The van der Waals surface area contributed by atoms with E-state index in [4.69, 9.17) is 0 Å². The predicted molar refractivity (Wildman–Crippen MR) is 83.9 cm³/mol. The van der Waals surface area contributed by atoms with Crippen molar-refractivity contribution in [1.82, 2.24) is 9.88 Å². The van der Waals surface area contributed by atoms with Gasteiger partial charge in [-0.1, -0.05) is 12.1 Å². The van der Waals surface area contributed by atoms with Gasteiger partial charge in [0.15, 0.2) is 0 Å². The quantitative estimate of drug-likeness (QED) is 0.895. The summed E-state index contributed by atoms with van der Waals surface area (Å²) in [6, 6.07) is 7.55. The number of aromatic amines is 1. The van der Waals surface area contributed by atoms with Gasteiger partial charge in [0.2, 0.25) is 0 Å². The topological polar surface area (TPSA) is 73.4 Å². The van der Waals surface area contributed by atoms with Gasteiger partial charge in [-0.2, -0.15) is 0 Å². The number of hydrogen-bond donors (Lipinski definition) is 2. The number of carbonyl (C=O) groups excluding carboxylic acids is 1. The second-order valence-electron chi connectivity index (χ2n) is 6.10. The number of amides is 1. The molecule has 22 heavy (non-hydrogen) atoms. The molecule has 1 aromatic carbocycles.